The normalized spacial score (nSPS) is 11.4. The number of carbonyl (C=O) groups excluding carboxylic acids is 2. The first-order valence-electron chi connectivity index (χ1n) is 12.2. The maximum atomic E-state index is 13.7. The molecule has 0 saturated carbocycles. The maximum Gasteiger partial charge on any atom is 0.323 e. The van der Waals surface area contributed by atoms with Gasteiger partial charge in [0.1, 0.15) is 5.82 Å². The van der Waals surface area contributed by atoms with Crippen LogP contribution in [0.25, 0.3) is 11.1 Å². The van der Waals surface area contributed by atoms with E-state index < -0.39 is 23.7 Å². The quantitative estimate of drug-likeness (QED) is 0.199. The van der Waals surface area contributed by atoms with Gasteiger partial charge >= 0.3 is 12.0 Å². The third-order valence-corrected chi connectivity index (χ3v) is 6.21. The zero-order valence-corrected chi connectivity index (χ0v) is 20.6. The van der Waals surface area contributed by atoms with E-state index in [4.69, 9.17) is 0 Å². The smallest absolute Gasteiger partial charge is 0.323 e. The lowest BCUT2D eigenvalue weighted by Gasteiger charge is -2.12. The summed E-state index contributed by atoms with van der Waals surface area (Å²) in [5.41, 5.74) is 3.86. The molecule has 1 unspecified atom stereocenters. The van der Waals surface area contributed by atoms with Crippen molar-refractivity contribution in [3.8, 4) is 11.1 Å². The third kappa shape index (κ3) is 7.13. The summed E-state index contributed by atoms with van der Waals surface area (Å²) in [6.07, 6.45) is 0.929. The summed E-state index contributed by atoms with van der Waals surface area (Å²) in [5.74, 6) is -2.46. The molecule has 4 aromatic rings. The van der Waals surface area contributed by atoms with Crippen LogP contribution < -0.4 is 10.6 Å². The van der Waals surface area contributed by atoms with Crippen LogP contribution in [0, 0.1) is 11.7 Å². The first-order chi connectivity index (χ1) is 18.4. The van der Waals surface area contributed by atoms with E-state index >= 15 is 0 Å². The van der Waals surface area contributed by atoms with Crippen molar-refractivity contribution in [1.29, 1.82) is 0 Å². The molecule has 0 aliphatic rings. The maximum absolute atomic E-state index is 13.7. The summed E-state index contributed by atoms with van der Waals surface area (Å²) in [4.78, 5) is 36.7. The molecule has 0 fully saturated rings. The number of carbonyl (C=O) groups is 3. The monoisotopic (exact) mass is 510 g/mol. The molecule has 0 aliphatic carbocycles. The van der Waals surface area contributed by atoms with Crippen LogP contribution in [0.15, 0.2) is 103 Å². The number of nitrogens with one attached hydrogen (secondary N) is 2. The van der Waals surface area contributed by atoms with Gasteiger partial charge < -0.3 is 15.7 Å². The van der Waals surface area contributed by atoms with Crippen LogP contribution >= 0.6 is 0 Å². The lowest BCUT2D eigenvalue weighted by molar-refractivity contribution is -0.141. The Morgan fingerprint density at radius 2 is 1.34 bits per heavy atom. The second-order valence-electron chi connectivity index (χ2n) is 8.90. The number of hydrogen-bond acceptors (Lipinski definition) is 3. The number of para-hydroxylation sites is 1. The number of benzene rings is 4. The summed E-state index contributed by atoms with van der Waals surface area (Å²) < 4.78 is 13.7. The number of aliphatic carboxylic acids is 1. The highest BCUT2D eigenvalue weighted by Gasteiger charge is 2.22. The molecule has 0 spiro atoms. The van der Waals surface area contributed by atoms with E-state index in [0.717, 1.165) is 16.7 Å². The fraction of sp³-hybridized carbons (Fsp3) is 0.129. The number of ketones is 1. The van der Waals surface area contributed by atoms with Gasteiger partial charge in [-0.1, -0.05) is 78.9 Å². The molecule has 7 heteroatoms. The number of carboxylic acid groups (broad SMARTS) is 1. The van der Waals surface area contributed by atoms with Gasteiger partial charge in [-0.05, 0) is 53.8 Å². The van der Waals surface area contributed by atoms with Gasteiger partial charge in [-0.15, -0.1) is 0 Å². The minimum atomic E-state index is -0.970. The van der Waals surface area contributed by atoms with Crippen molar-refractivity contribution in [3.63, 3.8) is 0 Å². The molecule has 38 heavy (non-hydrogen) atoms. The first kappa shape index (κ1) is 26.3. The van der Waals surface area contributed by atoms with Gasteiger partial charge in [0, 0.05) is 17.7 Å². The van der Waals surface area contributed by atoms with Crippen LogP contribution in [0.4, 0.5) is 20.6 Å². The summed E-state index contributed by atoms with van der Waals surface area (Å²) in [7, 11) is 0. The van der Waals surface area contributed by atoms with Crippen molar-refractivity contribution in [2.45, 2.75) is 19.3 Å². The van der Waals surface area contributed by atoms with Crippen LogP contribution in [0.2, 0.25) is 0 Å². The van der Waals surface area contributed by atoms with E-state index in [1.807, 2.05) is 42.5 Å². The number of rotatable bonds is 10. The Morgan fingerprint density at radius 3 is 1.97 bits per heavy atom. The molecular weight excluding hydrogens is 483 g/mol. The Balaban J connectivity index is 1.33. The van der Waals surface area contributed by atoms with Crippen molar-refractivity contribution in [2.24, 2.45) is 5.92 Å². The fourth-order valence-corrected chi connectivity index (χ4v) is 4.08. The number of halogens is 1. The van der Waals surface area contributed by atoms with Gasteiger partial charge in [0.15, 0.2) is 5.78 Å². The van der Waals surface area contributed by atoms with Gasteiger partial charge in [-0.3, -0.25) is 9.59 Å². The number of urea groups is 1. The number of anilines is 2. The molecule has 6 nitrogen and oxygen atoms in total. The Bertz CT molecular complexity index is 1400. The number of Topliss-reactive ketones (excluding diaryl/α,β-unsaturated/α-hetero) is 1. The number of aryl methyl sites for hydroxylation is 1. The van der Waals surface area contributed by atoms with Crippen LogP contribution in [-0.2, 0) is 11.2 Å². The number of carboxylic acids is 1. The molecule has 2 amide bonds. The van der Waals surface area contributed by atoms with Crippen LogP contribution in [0.1, 0.15) is 28.8 Å². The molecule has 0 heterocycles. The van der Waals surface area contributed by atoms with E-state index in [1.165, 1.54) is 12.1 Å². The molecule has 0 saturated heterocycles. The van der Waals surface area contributed by atoms with E-state index in [0.29, 0.717) is 24.1 Å². The van der Waals surface area contributed by atoms with Gasteiger partial charge in [0.2, 0.25) is 0 Å². The molecular formula is C31H27FN2O4. The standard InChI is InChI=1S/C31H27FN2O4/c32-27-8-4-5-9-28(27)34-31(38)33-26-18-16-23(17-19-26)22-12-14-24(15-13-22)29(35)20-25(30(36)37)11-10-21-6-2-1-3-7-21/h1-9,12-19,25H,10-11,20H2,(H,36,37)(H2,33,34,38). The molecule has 0 aromatic heterocycles. The van der Waals surface area contributed by atoms with E-state index in [-0.39, 0.29) is 17.9 Å². The average Bonchev–Trinajstić information content (AvgIpc) is 2.93. The summed E-state index contributed by atoms with van der Waals surface area (Å²) >= 11 is 0. The SMILES string of the molecule is O=C(Nc1ccc(-c2ccc(C(=O)CC(CCc3ccccc3)C(=O)O)cc2)cc1)Nc1ccccc1F. The second-order valence-corrected chi connectivity index (χ2v) is 8.90. The number of hydrogen-bond donors (Lipinski definition) is 3. The molecule has 0 aliphatic heterocycles. The summed E-state index contributed by atoms with van der Waals surface area (Å²) in [6.45, 7) is 0. The van der Waals surface area contributed by atoms with Gasteiger partial charge in [0.25, 0.3) is 0 Å². The van der Waals surface area contributed by atoms with E-state index in [9.17, 15) is 23.9 Å². The Hall–Kier alpha value is -4.78. The van der Waals surface area contributed by atoms with Crippen molar-refractivity contribution >= 4 is 29.2 Å². The predicted molar refractivity (Wildman–Crippen MR) is 146 cm³/mol. The lowest BCUT2D eigenvalue weighted by atomic mass is 9.92. The van der Waals surface area contributed by atoms with Gasteiger partial charge in [-0.25, -0.2) is 9.18 Å². The molecule has 0 radical (unpaired) electrons. The van der Waals surface area contributed by atoms with Crippen molar-refractivity contribution in [1.82, 2.24) is 0 Å². The van der Waals surface area contributed by atoms with E-state index in [2.05, 4.69) is 10.6 Å². The lowest BCUT2D eigenvalue weighted by Crippen LogP contribution is -2.20. The van der Waals surface area contributed by atoms with Crippen LogP contribution in [0.3, 0.4) is 0 Å². The predicted octanol–water partition coefficient (Wildman–Crippen LogP) is 7.04. The van der Waals surface area contributed by atoms with Gasteiger partial charge in [0.05, 0.1) is 11.6 Å². The molecule has 1 atom stereocenters. The minimum Gasteiger partial charge on any atom is -0.481 e. The molecule has 4 rings (SSSR count). The Kier molecular flexibility index (Phi) is 8.61. The van der Waals surface area contributed by atoms with Gasteiger partial charge in [-0.2, -0.15) is 0 Å². The molecule has 192 valence electrons. The van der Waals surface area contributed by atoms with Crippen LogP contribution in [-0.4, -0.2) is 22.9 Å². The van der Waals surface area contributed by atoms with Crippen molar-refractivity contribution in [3.05, 3.63) is 120 Å². The zero-order chi connectivity index (χ0) is 26.9. The highest BCUT2D eigenvalue weighted by molar-refractivity contribution is 6.00. The number of amides is 2. The molecule has 0 bridgehead atoms. The second kappa shape index (κ2) is 12.5. The Morgan fingerprint density at radius 1 is 0.737 bits per heavy atom. The first-order valence-corrected chi connectivity index (χ1v) is 12.2. The highest BCUT2D eigenvalue weighted by atomic mass is 19.1. The topological polar surface area (TPSA) is 95.5 Å². The fourth-order valence-electron chi connectivity index (χ4n) is 4.08. The zero-order valence-electron chi connectivity index (χ0n) is 20.6. The van der Waals surface area contributed by atoms with Crippen molar-refractivity contribution in [2.75, 3.05) is 10.6 Å². The minimum absolute atomic E-state index is 0.0587. The Labute approximate surface area is 220 Å². The molecule has 3 N–H and O–H groups in total. The average molecular weight is 511 g/mol. The van der Waals surface area contributed by atoms with Crippen LogP contribution in [0.5, 0.6) is 0 Å². The molecule has 4 aromatic carbocycles. The largest absolute Gasteiger partial charge is 0.481 e. The third-order valence-electron chi connectivity index (χ3n) is 6.21. The highest BCUT2D eigenvalue weighted by Crippen LogP contribution is 2.24. The summed E-state index contributed by atoms with van der Waals surface area (Å²) in [6, 6.07) is 29.1. The van der Waals surface area contributed by atoms with E-state index in [1.54, 1.807) is 48.5 Å². The van der Waals surface area contributed by atoms with Crippen molar-refractivity contribution < 1.29 is 23.9 Å². The summed E-state index contributed by atoms with van der Waals surface area (Å²) in [5, 5.41) is 14.7.